The fourth-order valence-corrected chi connectivity index (χ4v) is 1.93. The summed E-state index contributed by atoms with van der Waals surface area (Å²) in [5.74, 6) is 0.965. The molecule has 1 aromatic heterocycles. The lowest BCUT2D eigenvalue weighted by Crippen LogP contribution is -2.46. The highest BCUT2D eigenvalue weighted by molar-refractivity contribution is 5.85. The minimum Gasteiger partial charge on any atom is -0.348 e. The van der Waals surface area contributed by atoms with Crippen molar-refractivity contribution in [2.24, 2.45) is 7.05 Å². The quantitative estimate of drug-likeness (QED) is 0.875. The van der Waals surface area contributed by atoms with E-state index < -0.39 is 0 Å². The second kappa shape index (κ2) is 8.34. The Hall–Kier alpha value is -0.780. The smallest absolute Gasteiger partial charge is 0.237 e. The summed E-state index contributed by atoms with van der Waals surface area (Å²) in [4.78, 5) is 16.0. The number of nitrogens with one attached hydrogen (secondary N) is 2. The maximum Gasteiger partial charge on any atom is 0.237 e. The van der Waals surface area contributed by atoms with Gasteiger partial charge in [-0.25, -0.2) is 4.98 Å². The summed E-state index contributed by atoms with van der Waals surface area (Å²) in [5.41, 5.74) is 0. The van der Waals surface area contributed by atoms with Crippen LogP contribution in [0.15, 0.2) is 12.4 Å². The molecule has 1 aromatic rings. The van der Waals surface area contributed by atoms with Crippen molar-refractivity contribution in [1.29, 1.82) is 0 Å². The molecule has 1 saturated heterocycles. The van der Waals surface area contributed by atoms with Crippen LogP contribution in [-0.4, -0.2) is 28.0 Å². The van der Waals surface area contributed by atoms with E-state index in [2.05, 4.69) is 15.6 Å². The van der Waals surface area contributed by atoms with Crippen molar-refractivity contribution in [3.05, 3.63) is 18.2 Å². The molecule has 2 heterocycles. The number of amides is 1. The van der Waals surface area contributed by atoms with Gasteiger partial charge in [0, 0.05) is 19.4 Å². The van der Waals surface area contributed by atoms with E-state index >= 15 is 0 Å². The minimum absolute atomic E-state index is 0. The van der Waals surface area contributed by atoms with E-state index in [0.717, 1.165) is 25.2 Å². The molecule has 0 bridgehead atoms. The van der Waals surface area contributed by atoms with Crippen molar-refractivity contribution in [2.75, 3.05) is 6.54 Å². The van der Waals surface area contributed by atoms with Gasteiger partial charge in [0.25, 0.3) is 0 Å². The van der Waals surface area contributed by atoms with Gasteiger partial charge in [0.1, 0.15) is 5.82 Å². The Balaban J connectivity index is 0.00000144. The Labute approximate surface area is 120 Å². The molecular formula is C11H20Cl2N4O. The van der Waals surface area contributed by atoms with Gasteiger partial charge in [-0.05, 0) is 19.4 Å². The minimum atomic E-state index is -0.0194. The number of hydrogen-bond donors (Lipinski definition) is 2. The summed E-state index contributed by atoms with van der Waals surface area (Å²) in [7, 11) is 1.92. The molecule has 0 radical (unpaired) electrons. The molecule has 0 saturated carbocycles. The van der Waals surface area contributed by atoms with E-state index in [9.17, 15) is 4.79 Å². The molecule has 104 valence electrons. The molecule has 1 atom stereocenters. The van der Waals surface area contributed by atoms with Crippen LogP contribution in [0.4, 0.5) is 0 Å². The number of halogens is 2. The largest absolute Gasteiger partial charge is 0.348 e. The average Bonchev–Trinajstić information content (AvgIpc) is 2.73. The number of aromatic nitrogens is 2. The van der Waals surface area contributed by atoms with Gasteiger partial charge in [0.15, 0.2) is 0 Å². The van der Waals surface area contributed by atoms with Crippen LogP contribution in [0.5, 0.6) is 0 Å². The van der Waals surface area contributed by atoms with Gasteiger partial charge < -0.3 is 15.2 Å². The molecule has 0 aromatic carbocycles. The van der Waals surface area contributed by atoms with E-state index in [-0.39, 0.29) is 36.8 Å². The van der Waals surface area contributed by atoms with Gasteiger partial charge in [-0.3, -0.25) is 4.79 Å². The number of carbonyl (C=O) groups excluding carboxylic acids is 1. The molecular weight excluding hydrogens is 275 g/mol. The van der Waals surface area contributed by atoms with Crippen molar-refractivity contribution in [3.8, 4) is 0 Å². The lowest BCUT2D eigenvalue weighted by Gasteiger charge is -2.22. The highest BCUT2D eigenvalue weighted by atomic mass is 35.5. The van der Waals surface area contributed by atoms with Gasteiger partial charge in [0.2, 0.25) is 5.91 Å². The Bertz CT molecular complexity index is 364. The molecule has 0 spiro atoms. The van der Waals surface area contributed by atoms with E-state index in [1.165, 1.54) is 6.42 Å². The lowest BCUT2D eigenvalue weighted by molar-refractivity contribution is -0.123. The zero-order valence-corrected chi connectivity index (χ0v) is 12.0. The predicted octanol–water partition coefficient (Wildman–Crippen LogP) is 1.02. The Kier molecular flexibility index (Phi) is 7.98. The standard InChI is InChI=1S/C11H18N4O.2ClH/c1-15-7-6-13-10(15)8-14-11(16)9-4-2-3-5-12-9;;/h6-7,9,12H,2-5,8H2,1H3,(H,14,16);2*1H. The predicted molar refractivity (Wildman–Crippen MR) is 75.2 cm³/mol. The second-order valence-corrected chi connectivity index (χ2v) is 4.17. The van der Waals surface area contributed by atoms with Crippen molar-refractivity contribution in [3.63, 3.8) is 0 Å². The molecule has 2 N–H and O–H groups in total. The third-order valence-electron chi connectivity index (χ3n) is 2.97. The van der Waals surface area contributed by atoms with Crippen molar-refractivity contribution < 1.29 is 4.79 Å². The van der Waals surface area contributed by atoms with Crippen molar-refractivity contribution in [1.82, 2.24) is 20.2 Å². The first-order chi connectivity index (χ1) is 7.77. The van der Waals surface area contributed by atoms with Crippen LogP contribution >= 0.6 is 24.8 Å². The lowest BCUT2D eigenvalue weighted by atomic mass is 10.0. The number of rotatable bonds is 3. The molecule has 5 nitrogen and oxygen atoms in total. The van der Waals surface area contributed by atoms with Crippen molar-refractivity contribution >= 4 is 30.7 Å². The summed E-state index contributed by atoms with van der Waals surface area (Å²) in [6.45, 7) is 1.45. The van der Waals surface area contributed by atoms with Crippen LogP contribution in [0.2, 0.25) is 0 Å². The molecule has 7 heteroatoms. The van der Waals surface area contributed by atoms with E-state index in [1.54, 1.807) is 6.20 Å². The van der Waals surface area contributed by atoms with Gasteiger partial charge >= 0.3 is 0 Å². The maximum atomic E-state index is 11.8. The van der Waals surface area contributed by atoms with Gasteiger partial charge in [0.05, 0.1) is 12.6 Å². The first-order valence-corrected chi connectivity index (χ1v) is 5.74. The van der Waals surface area contributed by atoms with Gasteiger partial charge in [-0.2, -0.15) is 0 Å². The van der Waals surface area contributed by atoms with E-state index in [1.807, 2.05) is 17.8 Å². The third-order valence-corrected chi connectivity index (χ3v) is 2.97. The van der Waals surface area contributed by atoms with Crippen LogP contribution in [0.3, 0.4) is 0 Å². The van der Waals surface area contributed by atoms with Crippen LogP contribution in [0, 0.1) is 0 Å². The van der Waals surface area contributed by atoms with Crippen LogP contribution < -0.4 is 10.6 Å². The summed E-state index contributed by atoms with van der Waals surface area (Å²) < 4.78 is 1.91. The fraction of sp³-hybridized carbons (Fsp3) is 0.636. The SMILES string of the molecule is Cl.Cl.Cn1ccnc1CNC(=O)C1CCCCN1. The van der Waals surface area contributed by atoms with Gasteiger partial charge in [-0.15, -0.1) is 24.8 Å². The number of imidazole rings is 1. The maximum absolute atomic E-state index is 11.8. The van der Waals surface area contributed by atoms with E-state index in [4.69, 9.17) is 0 Å². The molecule has 1 aliphatic rings. The van der Waals surface area contributed by atoms with Crippen LogP contribution in [0.25, 0.3) is 0 Å². The normalized spacial score (nSPS) is 18.4. The molecule has 18 heavy (non-hydrogen) atoms. The second-order valence-electron chi connectivity index (χ2n) is 4.17. The summed E-state index contributed by atoms with van der Waals surface area (Å²) in [6.07, 6.45) is 6.85. The number of aryl methyl sites for hydroxylation is 1. The molecule has 1 aliphatic heterocycles. The summed E-state index contributed by atoms with van der Waals surface area (Å²) >= 11 is 0. The molecule has 2 rings (SSSR count). The molecule has 1 fully saturated rings. The van der Waals surface area contributed by atoms with Gasteiger partial charge in [-0.1, -0.05) is 6.42 Å². The number of nitrogens with zero attached hydrogens (tertiary/aromatic N) is 2. The number of piperidine rings is 1. The number of carbonyl (C=O) groups is 1. The Morgan fingerprint density at radius 1 is 1.56 bits per heavy atom. The number of hydrogen-bond acceptors (Lipinski definition) is 3. The average molecular weight is 295 g/mol. The third kappa shape index (κ3) is 4.48. The fourth-order valence-electron chi connectivity index (χ4n) is 1.93. The first kappa shape index (κ1) is 17.2. The highest BCUT2D eigenvalue weighted by Gasteiger charge is 2.20. The topological polar surface area (TPSA) is 59.0 Å². The van der Waals surface area contributed by atoms with E-state index in [0.29, 0.717) is 6.54 Å². The highest BCUT2D eigenvalue weighted by Crippen LogP contribution is 2.06. The molecule has 0 aliphatic carbocycles. The zero-order valence-electron chi connectivity index (χ0n) is 10.4. The van der Waals surface area contributed by atoms with Crippen LogP contribution in [-0.2, 0) is 18.4 Å². The monoisotopic (exact) mass is 294 g/mol. The summed E-state index contributed by atoms with van der Waals surface area (Å²) in [5, 5.41) is 6.14. The first-order valence-electron chi connectivity index (χ1n) is 5.74. The Morgan fingerprint density at radius 3 is 2.89 bits per heavy atom. The zero-order chi connectivity index (χ0) is 11.4. The van der Waals surface area contributed by atoms with Crippen LogP contribution in [0.1, 0.15) is 25.1 Å². The molecule has 1 unspecified atom stereocenters. The molecule has 1 amide bonds. The summed E-state index contributed by atoms with van der Waals surface area (Å²) in [6, 6.07) is -0.0194. The Morgan fingerprint density at radius 2 is 2.33 bits per heavy atom. The van der Waals surface area contributed by atoms with Crippen molar-refractivity contribution in [2.45, 2.75) is 31.8 Å².